The molecule has 0 bridgehead atoms. The first-order valence-electron chi connectivity index (χ1n) is 8.90. The Labute approximate surface area is 148 Å². The monoisotopic (exact) mass is 349 g/mol. The first-order chi connectivity index (χ1) is 12.1. The number of nitrogens with zero attached hydrogens (tertiary/aromatic N) is 2. The van der Waals surface area contributed by atoms with Crippen molar-refractivity contribution in [3.8, 4) is 0 Å². The molecule has 0 atom stereocenters. The number of nitro benzene ring substituents is 1. The molecule has 0 aliphatic heterocycles. The molecule has 25 heavy (non-hydrogen) atoms. The molecule has 0 saturated heterocycles. The van der Waals surface area contributed by atoms with Crippen LogP contribution in [-0.4, -0.2) is 48.6 Å². The number of ether oxygens (including phenoxy) is 1. The highest BCUT2D eigenvalue weighted by Gasteiger charge is 2.26. The fourth-order valence-corrected chi connectivity index (χ4v) is 3.38. The van der Waals surface area contributed by atoms with Crippen molar-refractivity contribution in [2.45, 2.75) is 45.1 Å². The van der Waals surface area contributed by atoms with E-state index in [1.807, 2.05) is 11.8 Å². The molecule has 1 amide bonds. The van der Waals surface area contributed by atoms with E-state index in [9.17, 15) is 14.9 Å². The summed E-state index contributed by atoms with van der Waals surface area (Å²) in [6.45, 7) is 3.49. The van der Waals surface area contributed by atoms with Gasteiger partial charge in [-0.2, -0.15) is 0 Å². The number of rotatable bonds is 8. The van der Waals surface area contributed by atoms with Gasteiger partial charge in [0, 0.05) is 37.9 Å². The highest BCUT2D eigenvalue weighted by Crippen LogP contribution is 2.28. The topological polar surface area (TPSA) is 84.7 Å². The van der Waals surface area contributed by atoms with Crippen LogP contribution in [0.1, 0.15) is 49.4 Å². The quantitative estimate of drug-likeness (QED) is 0.441. The molecule has 1 N–H and O–H groups in total. The normalized spacial score (nSPS) is 15.0. The molecule has 0 spiro atoms. The van der Waals surface area contributed by atoms with Crippen molar-refractivity contribution >= 4 is 17.3 Å². The van der Waals surface area contributed by atoms with Crippen LogP contribution in [0.2, 0.25) is 0 Å². The molecule has 0 aromatic heterocycles. The Balaban J connectivity index is 2.20. The lowest BCUT2D eigenvalue weighted by Gasteiger charge is -2.33. The minimum absolute atomic E-state index is 0.0818. The standard InChI is InChI=1S/C18H27N3O4/c1-3-20(15-7-5-4-6-8-15)18(22)14-9-10-16(19-11-12-25-2)17(13-14)21(23)24/h9-10,13,15,19H,3-8,11-12H2,1-2H3. The Kier molecular flexibility index (Phi) is 7.18. The van der Waals surface area contributed by atoms with Crippen LogP contribution in [-0.2, 0) is 4.74 Å². The van der Waals surface area contributed by atoms with E-state index in [4.69, 9.17) is 4.74 Å². The molecular weight excluding hydrogens is 322 g/mol. The predicted octanol–water partition coefficient (Wildman–Crippen LogP) is 3.45. The van der Waals surface area contributed by atoms with Gasteiger partial charge in [0.25, 0.3) is 11.6 Å². The number of hydrogen-bond acceptors (Lipinski definition) is 5. The first kappa shape index (κ1) is 19.2. The number of methoxy groups -OCH3 is 1. The van der Waals surface area contributed by atoms with Crippen LogP contribution >= 0.6 is 0 Å². The number of hydrogen-bond donors (Lipinski definition) is 1. The van der Waals surface area contributed by atoms with Gasteiger partial charge < -0.3 is 15.0 Å². The summed E-state index contributed by atoms with van der Waals surface area (Å²) in [7, 11) is 1.57. The smallest absolute Gasteiger partial charge is 0.293 e. The van der Waals surface area contributed by atoms with Crippen molar-refractivity contribution in [1.29, 1.82) is 0 Å². The second kappa shape index (κ2) is 9.36. The summed E-state index contributed by atoms with van der Waals surface area (Å²) in [6.07, 6.45) is 5.51. The summed E-state index contributed by atoms with van der Waals surface area (Å²) in [6, 6.07) is 4.89. The second-order valence-electron chi connectivity index (χ2n) is 6.29. The SMILES string of the molecule is CCN(C(=O)c1ccc(NCCOC)c([N+](=O)[O-])c1)C1CCCCC1. The zero-order valence-corrected chi connectivity index (χ0v) is 15.0. The number of carbonyl (C=O) groups excluding carboxylic acids is 1. The van der Waals surface area contributed by atoms with Crippen molar-refractivity contribution < 1.29 is 14.5 Å². The lowest BCUT2D eigenvalue weighted by Crippen LogP contribution is -2.41. The Morgan fingerprint density at radius 2 is 2.08 bits per heavy atom. The summed E-state index contributed by atoms with van der Waals surface area (Å²) in [5, 5.41) is 14.4. The highest BCUT2D eigenvalue weighted by molar-refractivity contribution is 5.96. The largest absolute Gasteiger partial charge is 0.383 e. The highest BCUT2D eigenvalue weighted by atomic mass is 16.6. The van der Waals surface area contributed by atoms with Gasteiger partial charge in [0.2, 0.25) is 0 Å². The minimum atomic E-state index is -0.456. The van der Waals surface area contributed by atoms with Crippen molar-refractivity contribution in [3.05, 3.63) is 33.9 Å². The minimum Gasteiger partial charge on any atom is -0.383 e. The maximum absolute atomic E-state index is 12.9. The van der Waals surface area contributed by atoms with Gasteiger partial charge >= 0.3 is 0 Å². The van der Waals surface area contributed by atoms with Crippen LogP contribution in [0, 0.1) is 10.1 Å². The predicted molar refractivity (Wildman–Crippen MR) is 97.0 cm³/mol. The molecule has 1 saturated carbocycles. The van der Waals surface area contributed by atoms with Crippen LogP contribution in [0.15, 0.2) is 18.2 Å². The van der Waals surface area contributed by atoms with Gasteiger partial charge in [-0.25, -0.2) is 0 Å². The number of amides is 1. The van der Waals surface area contributed by atoms with Gasteiger partial charge in [-0.3, -0.25) is 14.9 Å². The number of carbonyl (C=O) groups is 1. The number of nitro groups is 1. The zero-order chi connectivity index (χ0) is 18.2. The average Bonchev–Trinajstić information content (AvgIpc) is 2.63. The van der Waals surface area contributed by atoms with Crippen molar-refractivity contribution in [2.24, 2.45) is 0 Å². The number of benzene rings is 1. The summed E-state index contributed by atoms with van der Waals surface area (Å²) in [5.74, 6) is -0.124. The number of anilines is 1. The summed E-state index contributed by atoms with van der Waals surface area (Å²) >= 11 is 0. The molecule has 0 heterocycles. The van der Waals surface area contributed by atoms with Crippen molar-refractivity contribution in [2.75, 3.05) is 32.1 Å². The average molecular weight is 349 g/mol. The third-order valence-corrected chi connectivity index (χ3v) is 4.68. The maximum atomic E-state index is 12.9. The van der Waals surface area contributed by atoms with Crippen LogP contribution in [0.5, 0.6) is 0 Å². The van der Waals surface area contributed by atoms with Crippen LogP contribution in [0.25, 0.3) is 0 Å². The molecule has 1 aliphatic carbocycles. The van der Waals surface area contributed by atoms with Crippen molar-refractivity contribution in [3.63, 3.8) is 0 Å². The van der Waals surface area contributed by atoms with E-state index in [-0.39, 0.29) is 17.6 Å². The molecule has 7 heteroatoms. The molecule has 138 valence electrons. The molecule has 0 unspecified atom stereocenters. The van der Waals surface area contributed by atoms with E-state index < -0.39 is 4.92 Å². The van der Waals surface area contributed by atoms with Gasteiger partial charge in [0.1, 0.15) is 5.69 Å². The Hall–Kier alpha value is -2.15. The summed E-state index contributed by atoms with van der Waals surface area (Å²) in [5.41, 5.74) is 0.692. The molecule has 2 rings (SSSR count). The Bertz CT molecular complexity index is 600. The van der Waals surface area contributed by atoms with Crippen LogP contribution in [0.4, 0.5) is 11.4 Å². The maximum Gasteiger partial charge on any atom is 0.293 e. The van der Waals surface area contributed by atoms with Gasteiger partial charge in [-0.1, -0.05) is 19.3 Å². The fourth-order valence-electron chi connectivity index (χ4n) is 3.38. The van der Waals surface area contributed by atoms with E-state index in [0.29, 0.717) is 30.9 Å². The molecule has 1 aromatic rings. The van der Waals surface area contributed by atoms with E-state index in [0.717, 1.165) is 25.7 Å². The zero-order valence-electron chi connectivity index (χ0n) is 15.0. The summed E-state index contributed by atoms with van der Waals surface area (Å²) < 4.78 is 4.95. The third-order valence-electron chi connectivity index (χ3n) is 4.68. The van der Waals surface area contributed by atoms with Gasteiger partial charge in [-0.15, -0.1) is 0 Å². The molecular formula is C18H27N3O4. The van der Waals surface area contributed by atoms with Crippen molar-refractivity contribution in [1.82, 2.24) is 4.90 Å². The molecule has 1 aromatic carbocycles. The Morgan fingerprint density at radius 3 is 2.68 bits per heavy atom. The molecule has 1 fully saturated rings. The van der Waals surface area contributed by atoms with Gasteiger partial charge in [-0.05, 0) is 31.9 Å². The van der Waals surface area contributed by atoms with Crippen LogP contribution in [0.3, 0.4) is 0 Å². The lowest BCUT2D eigenvalue weighted by atomic mass is 9.93. The van der Waals surface area contributed by atoms with E-state index in [1.54, 1.807) is 19.2 Å². The van der Waals surface area contributed by atoms with Crippen LogP contribution < -0.4 is 5.32 Å². The lowest BCUT2D eigenvalue weighted by molar-refractivity contribution is -0.384. The van der Waals surface area contributed by atoms with E-state index in [2.05, 4.69) is 5.32 Å². The Morgan fingerprint density at radius 1 is 1.36 bits per heavy atom. The summed E-state index contributed by atoms with van der Waals surface area (Å²) in [4.78, 5) is 25.7. The number of nitrogens with one attached hydrogen (secondary N) is 1. The second-order valence-corrected chi connectivity index (χ2v) is 6.29. The molecule has 1 aliphatic rings. The van der Waals surface area contributed by atoms with Gasteiger partial charge in [0.15, 0.2) is 0 Å². The fraction of sp³-hybridized carbons (Fsp3) is 0.611. The first-order valence-corrected chi connectivity index (χ1v) is 8.90. The molecule has 7 nitrogen and oxygen atoms in total. The molecule has 0 radical (unpaired) electrons. The van der Waals surface area contributed by atoms with E-state index in [1.165, 1.54) is 12.5 Å². The van der Waals surface area contributed by atoms with E-state index >= 15 is 0 Å². The third kappa shape index (κ3) is 4.92. The van der Waals surface area contributed by atoms with Gasteiger partial charge in [0.05, 0.1) is 11.5 Å².